The Morgan fingerprint density at radius 1 is 1.35 bits per heavy atom. The Kier molecular flexibility index (Phi) is 6.44. The lowest BCUT2D eigenvalue weighted by Crippen LogP contribution is -2.34. The van der Waals surface area contributed by atoms with Crippen LogP contribution in [0.15, 0.2) is 18.3 Å². The molecule has 1 aliphatic rings. The second-order valence-electron chi connectivity index (χ2n) is 8.93. The highest BCUT2D eigenvalue weighted by atomic mass is 35.5. The molecule has 0 saturated carbocycles. The summed E-state index contributed by atoms with van der Waals surface area (Å²) in [5, 5.41) is 1.72. The van der Waals surface area contributed by atoms with E-state index in [1.165, 1.54) is 37.7 Å². The van der Waals surface area contributed by atoms with E-state index in [1.807, 2.05) is 6.07 Å². The molecule has 0 N–H and O–H groups in total. The third-order valence-electron chi connectivity index (χ3n) is 5.19. The van der Waals surface area contributed by atoms with Crippen LogP contribution in [0, 0.1) is 5.92 Å². The normalized spacial score (nSPS) is 19.3. The number of fused-ring (bicyclic) bond motifs is 1. The molecule has 6 heteroatoms. The van der Waals surface area contributed by atoms with Gasteiger partial charge in [0.1, 0.15) is 6.73 Å². The molecule has 3 rings (SSSR count). The molecule has 1 aliphatic heterocycles. The molecule has 1 fully saturated rings. The van der Waals surface area contributed by atoms with E-state index in [0.717, 1.165) is 30.0 Å². The van der Waals surface area contributed by atoms with Crippen molar-refractivity contribution in [3.63, 3.8) is 0 Å². The van der Waals surface area contributed by atoms with Gasteiger partial charge >= 0.3 is 0 Å². The molecule has 2 aromatic rings. The molecule has 0 aliphatic carbocycles. The number of hydrogen-bond donors (Lipinski definition) is 0. The molecule has 144 valence electrons. The first kappa shape index (κ1) is 19.9. The number of nitrogens with zero attached hydrogens (tertiary/aromatic N) is 3. The number of ether oxygens (including phenoxy) is 1. The molecule has 0 amide bonds. The lowest BCUT2D eigenvalue weighted by Gasteiger charge is -2.31. The van der Waals surface area contributed by atoms with Gasteiger partial charge in [0, 0.05) is 45.0 Å². The fourth-order valence-corrected chi connectivity index (χ4v) is 4.72. The summed E-state index contributed by atoms with van der Waals surface area (Å²) >= 11 is 6.43. The molecule has 0 spiro atoms. The largest absolute Gasteiger partial charge is 0.361 e. The number of pyridine rings is 1. The van der Waals surface area contributed by atoms with Crippen molar-refractivity contribution in [3.8, 4) is 0 Å². The van der Waals surface area contributed by atoms with Gasteiger partial charge in [-0.15, -0.1) is 0 Å². The molecule has 1 saturated heterocycles. The summed E-state index contributed by atoms with van der Waals surface area (Å²) in [7, 11) is -1.08. The maximum Gasteiger partial charge on any atom is 0.153 e. The van der Waals surface area contributed by atoms with Crippen LogP contribution in [0.25, 0.3) is 10.9 Å². The van der Waals surface area contributed by atoms with Gasteiger partial charge in [0.15, 0.2) is 5.15 Å². The Morgan fingerprint density at radius 3 is 2.88 bits per heavy atom. The van der Waals surface area contributed by atoms with Gasteiger partial charge in [0.25, 0.3) is 0 Å². The van der Waals surface area contributed by atoms with E-state index < -0.39 is 8.07 Å². The van der Waals surface area contributed by atoms with Gasteiger partial charge in [-0.25, -0.2) is 4.98 Å². The van der Waals surface area contributed by atoms with Crippen LogP contribution in [0.5, 0.6) is 0 Å². The van der Waals surface area contributed by atoms with Gasteiger partial charge in [0.05, 0.1) is 5.52 Å². The summed E-state index contributed by atoms with van der Waals surface area (Å²) in [5.74, 6) is 0.778. The molecule has 1 atom stereocenters. The van der Waals surface area contributed by atoms with E-state index in [0.29, 0.717) is 11.9 Å². The van der Waals surface area contributed by atoms with Crippen molar-refractivity contribution in [2.24, 2.45) is 5.92 Å². The monoisotopic (exact) mass is 393 g/mol. The summed E-state index contributed by atoms with van der Waals surface area (Å²) in [6.45, 7) is 14.2. The van der Waals surface area contributed by atoms with E-state index >= 15 is 0 Å². The van der Waals surface area contributed by atoms with Gasteiger partial charge in [0.2, 0.25) is 0 Å². The summed E-state index contributed by atoms with van der Waals surface area (Å²) in [4.78, 5) is 6.85. The zero-order valence-electron chi connectivity index (χ0n) is 16.6. The Balaban J connectivity index is 1.79. The Morgan fingerprint density at radius 2 is 2.15 bits per heavy atom. The van der Waals surface area contributed by atoms with E-state index in [2.05, 4.69) is 47.1 Å². The fraction of sp³-hybridized carbons (Fsp3) is 0.650. The van der Waals surface area contributed by atoms with Crippen molar-refractivity contribution in [3.05, 3.63) is 29.2 Å². The molecule has 0 aromatic carbocycles. The molecular formula is C20H32ClN3OSi. The maximum absolute atomic E-state index is 6.43. The Bertz CT molecular complexity index is 740. The standard InChI is InChI=1S/C20H32ClN3OSi/c1-16-6-5-9-23(13-16)14-18-12-17-7-8-22-20(21)19(17)24(18)15-25-10-11-26(2,3)4/h7-8,12,16H,5-6,9-11,13-15H2,1-4H3/t16-/m0/s1. The molecular weight excluding hydrogens is 362 g/mol. The van der Waals surface area contributed by atoms with Crippen LogP contribution in [0.2, 0.25) is 30.8 Å². The van der Waals surface area contributed by atoms with Crippen molar-refractivity contribution >= 4 is 30.6 Å². The quantitative estimate of drug-likeness (QED) is 0.366. The summed E-state index contributed by atoms with van der Waals surface area (Å²) < 4.78 is 8.29. The average molecular weight is 394 g/mol. The minimum atomic E-state index is -1.08. The number of piperidine rings is 1. The molecule has 3 heterocycles. The Labute approximate surface area is 163 Å². The second-order valence-corrected chi connectivity index (χ2v) is 14.9. The lowest BCUT2D eigenvalue weighted by atomic mass is 10.0. The van der Waals surface area contributed by atoms with E-state index in [-0.39, 0.29) is 0 Å². The van der Waals surface area contributed by atoms with Crippen molar-refractivity contribution < 1.29 is 4.74 Å². The maximum atomic E-state index is 6.43. The van der Waals surface area contributed by atoms with Gasteiger partial charge in [-0.1, -0.05) is 38.2 Å². The van der Waals surface area contributed by atoms with Crippen LogP contribution in [-0.4, -0.2) is 42.2 Å². The minimum Gasteiger partial charge on any atom is -0.361 e. The number of hydrogen-bond acceptors (Lipinski definition) is 3. The van der Waals surface area contributed by atoms with Crippen LogP contribution in [-0.2, 0) is 18.0 Å². The van der Waals surface area contributed by atoms with Gasteiger partial charge < -0.3 is 9.30 Å². The number of likely N-dealkylation sites (tertiary alicyclic amines) is 1. The van der Waals surface area contributed by atoms with Crippen molar-refractivity contribution in [2.75, 3.05) is 19.7 Å². The smallest absolute Gasteiger partial charge is 0.153 e. The highest BCUT2D eigenvalue weighted by molar-refractivity contribution is 6.76. The predicted molar refractivity (Wildman–Crippen MR) is 113 cm³/mol. The zero-order valence-corrected chi connectivity index (χ0v) is 18.4. The highest BCUT2D eigenvalue weighted by Gasteiger charge is 2.20. The van der Waals surface area contributed by atoms with Crippen molar-refractivity contribution in [1.82, 2.24) is 14.5 Å². The summed E-state index contributed by atoms with van der Waals surface area (Å²) in [6, 6.07) is 5.48. The van der Waals surface area contributed by atoms with E-state index in [4.69, 9.17) is 16.3 Å². The predicted octanol–water partition coefficient (Wildman–Crippen LogP) is 5.23. The fourth-order valence-electron chi connectivity index (χ4n) is 3.70. The molecule has 0 radical (unpaired) electrons. The zero-order chi connectivity index (χ0) is 18.7. The van der Waals surface area contributed by atoms with Crippen LogP contribution in [0.4, 0.5) is 0 Å². The average Bonchev–Trinajstić information content (AvgIpc) is 2.89. The van der Waals surface area contributed by atoms with Crippen molar-refractivity contribution in [2.45, 2.75) is 58.7 Å². The highest BCUT2D eigenvalue weighted by Crippen LogP contribution is 2.27. The molecule has 2 aromatic heterocycles. The first-order chi connectivity index (χ1) is 12.3. The first-order valence-corrected chi connectivity index (χ1v) is 13.8. The van der Waals surface area contributed by atoms with E-state index in [1.54, 1.807) is 6.20 Å². The molecule has 26 heavy (non-hydrogen) atoms. The van der Waals surface area contributed by atoms with Gasteiger partial charge in [-0.3, -0.25) is 4.90 Å². The third kappa shape index (κ3) is 5.09. The number of rotatable bonds is 7. The van der Waals surface area contributed by atoms with E-state index in [9.17, 15) is 0 Å². The second kappa shape index (κ2) is 8.42. The van der Waals surface area contributed by atoms with Crippen LogP contribution < -0.4 is 0 Å². The van der Waals surface area contributed by atoms with Gasteiger partial charge in [-0.05, 0) is 43.5 Å². The summed E-state index contributed by atoms with van der Waals surface area (Å²) in [6.07, 6.45) is 4.42. The van der Waals surface area contributed by atoms with Crippen LogP contribution in [0.3, 0.4) is 0 Å². The van der Waals surface area contributed by atoms with Crippen LogP contribution >= 0.6 is 11.6 Å². The lowest BCUT2D eigenvalue weighted by molar-refractivity contribution is 0.0849. The molecule has 4 nitrogen and oxygen atoms in total. The molecule has 0 bridgehead atoms. The third-order valence-corrected chi connectivity index (χ3v) is 7.17. The summed E-state index contributed by atoms with van der Waals surface area (Å²) in [5.41, 5.74) is 2.28. The minimum absolute atomic E-state index is 0.554. The SMILES string of the molecule is C[C@H]1CCCN(Cc2cc3ccnc(Cl)c3n2COCC[Si](C)(C)C)C1. The first-order valence-electron chi connectivity index (χ1n) is 9.76. The topological polar surface area (TPSA) is 30.3 Å². The van der Waals surface area contributed by atoms with Crippen LogP contribution in [0.1, 0.15) is 25.5 Å². The molecule has 0 unspecified atom stereocenters. The number of halogens is 1. The van der Waals surface area contributed by atoms with Gasteiger partial charge in [-0.2, -0.15) is 0 Å². The number of aromatic nitrogens is 2. The Hall–Kier alpha value is -0.883. The van der Waals surface area contributed by atoms with Crippen molar-refractivity contribution in [1.29, 1.82) is 0 Å².